The van der Waals surface area contributed by atoms with Crippen molar-refractivity contribution >= 4 is 56.8 Å². The molecule has 8 heteroatoms. The Bertz CT molecular complexity index is 1370. The van der Waals surface area contributed by atoms with Crippen molar-refractivity contribution in [2.45, 2.75) is 0 Å². The van der Waals surface area contributed by atoms with E-state index in [1.54, 1.807) is 11.3 Å². The van der Waals surface area contributed by atoms with Gasteiger partial charge in [0.2, 0.25) is 0 Å². The SMILES string of the molecule is COON1C=C1c1ccc(NC(=S)Nc2ccc(Cl)c(-c3nccc4ccccc34)c2)cc1. The summed E-state index contributed by atoms with van der Waals surface area (Å²) < 4.78 is 0. The Morgan fingerprint density at radius 3 is 2.55 bits per heavy atom. The van der Waals surface area contributed by atoms with Crippen LogP contribution in [0.1, 0.15) is 5.56 Å². The molecule has 0 atom stereocenters. The monoisotopic (exact) mass is 474 g/mol. The number of hydroxylamine groups is 2. The van der Waals surface area contributed by atoms with Crippen LogP contribution in [0.15, 0.2) is 85.2 Å². The Balaban J connectivity index is 1.30. The summed E-state index contributed by atoms with van der Waals surface area (Å²) in [5, 5.41) is 11.2. The van der Waals surface area contributed by atoms with E-state index >= 15 is 0 Å². The molecule has 3 aromatic carbocycles. The predicted molar refractivity (Wildman–Crippen MR) is 136 cm³/mol. The first-order chi connectivity index (χ1) is 16.1. The number of benzene rings is 3. The van der Waals surface area contributed by atoms with Gasteiger partial charge in [0.25, 0.3) is 0 Å². The molecule has 0 saturated carbocycles. The second-order valence-corrected chi connectivity index (χ2v) is 8.13. The van der Waals surface area contributed by atoms with E-state index in [9.17, 15) is 0 Å². The quantitative estimate of drug-likeness (QED) is 0.188. The average Bonchev–Trinajstić information content (AvgIpc) is 3.60. The third kappa shape index (κ3) is 4.67. The predicted octanol–water partition coefficient (Wildman–Crippen LogP) is 6.47. The van der Waals surface area contributed by atoms with Crippen LogP contribution in [0.25, 0.3) is 27.7 Å². The molecule has 0 bridgehead atoms. The van der Waals surface area contributed by atoms with Crippen LogP contribution >= 0.6 is 23.8 Å². The van der Waals surface area contributed by atoms with Crippen LogP contribution in [0.5, 0.6) is 0 Å². The molecule has 1 aliphatic rings. The number of halogens is 1. The van der Waals surface area contributed by atoms with Crippen molar-refractivity contribution in [3.63, 3.8) is 0 Å². The van der Waals surface area contributed by atoms with Crippen molar-refractivity contribution in [3.8, 4) is 11.3 Å². The van der Waals surface area contributed by atoms with Crippen molar-refractivity contribution in [1.29, 1.82) is 0 Å². The van der Waals surface area contributed by atoms with Crippen molar-refractivity contribution in [2.75, 3.05) is 17.7 Å². The number of nitrogens with one attached hydrogen (secondary N) is 2. The van der Waals surface area contributed by atoms with E-state index in [2.05, 4.69) is 26.6 Å². The fourth-order valence-electron chi connectivity index (χ4n) is 3.56. The molecule has 5 rings (SSSR count). The van der Waals surface area contributed by atoms with Gasteiger partial charge in [0.15, 0.2) is 5.11 Å². The van der Waals surface area contributed by atoms with Gasteiger partial charge in [-0.15, -0.1) is 4.99 Å². The molecule has 0 fully saturated rings. The maximum absolute atomic E-state index is 6.53. The lowest BCUT2D eigenvalue weighted by atomic mass is 10.0. The zero-order chi connectivity index (χ0) is 22.8. The minimum Gasteiger partial charge on any atom is -0.332 e. The van der Waals surface area contributed by atoms with Gasteiger partial charge in [0.05, 0.1) is 29.7 Å². The maximum atomic E-state index is 6.53. The number of anilines is 2. The third-order valence-electron chi connectivity index (χ3n) is 5.16. The fraction of sp³-hybridized carbons (Fsp3) is 0.0400. The van der Waals surface area contributed by atoms with Gasteiger partial charge in [0, 0.05) is 34.1 Å². The Morgan fingerprint density at radius 2 is 1.73 bits per heavy atom. The van der Waals surface area contributed by atoms with E-state index in [0.29, 0.717) is 10.1 Å². The summed E-state index contributed by atoms with van der Waals surface area (Å²) in [4.78, 5) is 14.2. The number of aromatic nitrogens is 1. The van der Waals surface area contributed by atoms with E-state index in [-0.39, 0.29) is 0 Å². The van der Waals surface area contributed by atoms with Gasteiger partial charge in [-0.2, -0.15) is 5.06 Å². The summed E-state index contributed by atoms with van der Waals surface area (Å²) in [6, 6.07) is 23.6. The van der Waals surface area contributed by atoms with E-state index in [1.165, 1.54) is 7.11 Å². The van der Waals surface area contributed by atoms with E-state index in [4.69, 9.17) is 28.8 Å². The van der Waals surface area contributed by atoms with Gasteiger partial charge in [-0.05, 0) is 54.0 Å². The standard InChI is InChI=1S/C25H19ClN4O2S/c1-31-32-30-15-23(30)17-6-8-18(9-7-17)28-25(33)29-19-10-11-22(26)21(14-19)24-20-5-3-2-4-16(20)12-13-27-24/h2-15H,1H3,(H2,28,29,33). The molecule has 1 aromatic heterocycles. The van der Waals surface area contributed by atoms with Crippen LogP contribution in [0.4, 0.5) is 11.4 Å². The normalized spacial score (nSPS) is 12.4. The number of fused-ring (bicyclic) bond motifs is 1. The summed E-state index contributed by atoms with van der Waals surface area (Å²) in [5.41, 5.74) is 5.31. The summed E-state index contributed by atoms with van der Waals surface area (Å²) in [6.45, 7) is 0. The molecule has 2 heterocycles. The molecular formula is C25H19ClN4O2S. The topological polar surface area (TPSA) is 58.4 Å². The van der Waals surface area contributed by atoms with Crippen molar-refractivity contribution in [2.24, 2.45) is 0 Å². The number of rotatable bonds is 6. The van der Waals surface area contributed by atoms with Gasteiger partial charge >= 0.3 is 0 Å². The highest BCUT2D eigenvalue weighted by Crippen LogP contribution is 2.34. The molecule has 1 aliphatic heterocycles. The summed E-state index contributed by atoms with van der Waals surface area (Å²) >= 11 is 12.0. The van der Waals surface area contributed by atoms with Crippen LogP contribution in [-0.4, -0.2) is 22.3 Å². The fourth-order valence-corrected chi connectivity index (χ4v) is 4.01. The molecule has 164 valence electrons. The summed E-state index contributed by atoms with van der Waals surface area (Å²) in [7, 11) is 1.47. The second-order valence-electron chi connectivity index (χ2n) is 7.31. The van der Waals surface area contributed by atoms with Crippen LogP contribution in [-0.2, 0) is 9.88 Å². The van der Waals surface area contributed by atoms with Crippen LogP contribution < -0.4 is 10.6 Å². The molecular weight excluding hydrogens is 456 g/mol. The number of nitrogens with zero attached hydrogens (tertiary/aromatic N) is 2. The highest BCUT2D eigenvalue weighted by atomic mass is 35.5. The Hall–Kier alpha value is -3.49. The first-order valence-electron chi connectivity index (χ1n) is 10.2. The van der Waals surface area contributed by atoms with Crippen molar-refractivity contribution < 1.29 is 9.88 Å². The molecule has 0 unspecified atom stereocenters. The maximum Gasteiger partial charge on any atom is 0.175 e. The first-order valence-corrected chi connectivity index (χ1v) is 10.9. The molecule has 4 aromatic rings. The van der Waals surface area contributed by atoms with Gasteiger partial charge in [0.1, 0.15) is 0 Å². The van der Waals surface area contributed by atoms with Crippen LogP contribution in [0.2, 0.25) is 5.02 Å². The Morgan fingerprint density at radius 1 is 0.970 bits per heavy atom. The molecule has 33 heavy (non-hydrogen) atoms. The van der Waals surface area contributed by atoms with Crippen LogP contribution in [0.3, 0.4) is 0 Å². The Kier molecular flexibility index (Phi) is 5.93. The van der Waals surface area contributed by atoms with E-state index < -0.39 is 0 Å². The third-order valence-corrected chi connectivity index (χ3v) is 5.69. The number of pyridine rings is 1. The first kappa shape index (κ1) is 21.4. The number of thiocarbonyl (C=S) groups is 1. The zero-order valence-corrected chi connectivity index (χ0v) is 19.2. The van der Waals surface area contributed by atoms with Gasteiger partial charge < -0.3 is 10.6 Å². The minimum atomic E-state index is 0.469. The van der Waals surface area contributed by atoms with Gasteiger partial charge in [-0.25, -0.2) is 4.89 Å². The highest BCUT2D eigenvalue weighted by molar-refractivity contribution is 7.80. The second kappa shape index (κ2) is 9.17. The smallest absolute Gasteiger partial charge is 0.175 e. The number of hydrogen-bond acceptors (Lipinski definition) is 5. The van der Waals surface area contributed by atoms with Crippen LogP contribution in [0, 0.1) is 0 Å². The van der Waals surface area contributed by atoms with E-state index in [1.807, 2.05) is 72.9 Å². The Labute approximate surface area is 201 Å². The lowest BCUT2D eigenvalue weighted by Crippen LogP contribution is -2.19. The zero-order valence-electron chi connectivity index (χ0n) is 17.6. The molecule has 0 radical (unpaired) electrons. The van der Waals surface area contributed by atoms with Gasteiger partial charge in [-0.3, -0.25) is 4.98 Å². The van der Waals surface area contributed by atoms with E-state index in [0.717, 1.165) is 44.7 Å². The largest absolute Gasteiger partial charge is 0.332 e. The summed E-state index contributed by atoms with van der Waals surface area (Å²) in [6.07, 6.45) is 3.63. The molecule has 6 nitrogen and oxygen atoms in total. The summed E-state index contributed by atoms with van der Waals surface area (Å²) in [5.74, 6) is 0. The molecule has 0 aliphatic carbocycles. The lowest BCUT2D eigenvalue weighted by molar-refractivity contribution is -0.362. The number of hydrogen-bond donors (Lipinski definition) is 2. The lowest BCUT2D eigenvalue weighted by Gasteiger charge is -2.13. The molecule has 0 amide bonds. The van der Waals surface area contributed by atoms with Gasteiger partial charge in [-0.1, -0.05) is 48.0 Å². The average molecular weight is 475 g/mol. The molecule has 0 saturated heterocycles. The van der Waals surface area contributed by atoms with Crippen molar-refractivity contribution in [1.82, 2.24) is 10.0 Å². The molecule has 0 spiro atoms. The molecule has 2 N–H and O–H groups in total. The minimum absolute atomic E-state index is 0.469. The highest BCUT2D eigenvalue weighted by Gasteiger charge is 2.24. The van der Waals surface area contributed by atoms with Crippen molar-refractivity contribution in [3.05, 3.63) is 95.8 Å².